The number of aromatic amines is 1. The summed E-state index contributed by atoms with van der Waals surface area (Å²) in [5.41, 5.74) is 8.42. The molecule has 0 radical (unpaired) electrons. The number of nitrogens with two attached hydrogens (primary N) is 1. The average Bonchev–Trinajstić information content (AvgIpc) is 3.11. The van der Waals surface area contributed by atoms with Crippen LogP contribution in [0.15, 0.2) is 29.3 Å². The number of rotatable bonds is 2. The lowest BCUT2D eigenvalue weighted by Gasteiger charge is -2.00. The van der Waals surface area contributed by atoms with Crippen LogP contribution in [-0.4, -0.2) is 24.8 Å². The molecule has 0 spiro atoms. The zero-order valence-electron chi connectivity index (χ0n) is 11.5. The number of aromatic nitrogens is 5. The second-order valence-corrected chi connectivity index (χ2v) is 5.13. The van der Waals surface area contributed by atoms with Gasteiger partial charge in [-0.05, 0) is 15.9 Å². The van der Waals surface area contributed by atoms with Crippen LogP contribution in [0.25, 0.3) is 16.8 Å². The van der Waals surface area contributed by atoms with Gasteiger partial charge in [0.25, 0.3) is 0 Å². The molecule has 0 aliphatic heterocycles. The molecule has 7 heteroatoms. The highest BCUT2D eigenvalue weighted by Gasteiger charge is 2.11. The Hall–Kier alpha value is -1.89. The third-order valence-electron chi connectivity index (χ3n) is 2.83. The smallest absolute Gasteiger partial charge is 0.165 e. The normalized spacial score (nSPS) is 10.3. The summed E-state index contributed by atoms with van der Waals surface area (Å²) in [6, 6.07) is 0. The monoisotopic (exact) mass is 336 g/mol. The molecule has 0 atom stereocenters. The third-order valence-corrected chi connectivity index (χ3v) is 3.44. The summed E-state index contributed by atoms with van der Waals surface area (Å²) < 4.78 is 2.31. The van der Waals surface area contributed by atoms with Crippen LogP contribution in [0.1, 0.15) is 26.7 Å². The van der Waals surface area contributed by atoms with Crippen molar-refractivity contribution < 1.29 is 0 Å². The zero-order valence-corrected chi connectivity index (χ0v) is 13.1. The predicted octanol–water partition coefficient (Wildman–Crippen LogP) is 3.27. The number of H-pyrrole nitrogens is 1. The molecule has 0 aliphatic rings. The van der Waals surface area contributed by atoms with Crippen LogP contribution >= 0.6 is 15.9 Å². The van der Waals surface area contributed by atoms with E-state index in [9.17, 15) is 0 Å². The molecule has 3 aromatic rings. The van der Waals surface area contributed by atoms with E-state index in [-0.39, 0.29) is 0 Å². The van der Waals surface area contributed by atoms with Crippen LogP contribution in [0, 0.1) is 0 Å². The number of nitrogen functional groups attached to an aromatic ring is 1. The Labute approximate surface area is 125 Å². The molecule has 106 valence electrons. The van der Waals surface area contributed by atoms with Gasteiger partial charge in [-0.3, -0.25) is 5.10 Å². The fraction of sp³-hybridized carbons (Fsp3) is 0.308. The maximum Gasteiger partial charge on any atom is 0.165 e. The summed E-state index contributed by atoms with van der Waals surface area (Å²) in [4.78, 5) is 4.29. The number of halogens is 1. The summed E-state index contributed by atoms with van der Waals surface area (Å²) in [7, 11) is 0. The first kappa shape index (κ1) is 14.5. The summed E-state index contributed by atoms with van der Waals surface area (Å²) in [6.07, 6.45) is 9.53. The maximum atomic E-state index is 5.88. The first-order valence-corrected chi connectivity index (χ1v) is 7.25. The molecule has 3 N–H and O–H groups in total. The molecule has 20 heavy (non-hydrogen) atoms. The van der Waals surface area contributed by atoms with Gasteiger partial charge in [0.15, 0.2) is 5.65 Å². The highest BCUT2D eigenvalue weighted by Crippen LogP contribution is 2.26. The number of anilines is 1. The topological polar surface area (TPSA) is 84.9 Å². The molecule has 3 rings (SSSR count). The van der Waals surface area contributed by atoms with Crippen LogP contribution in [0.3, 0.4) is 0 Å². The van der Waals surface area contributed by atoms with Crippen molar-refractivity contribution in [1.82, 2.24) is 24.8 Å². The Balaban J connectivity index is 0.000000328. The minimum Gasteiger partial charge on any atom is -0.383 e. The van der Waals surface area contributed by atoms with E-state index in [1.165, 1.54) is 12.8 Å². The van der Waals surface area contributed by atoms with Crippen LogP contribution in [-0.2, 0) is 0 Å². The number of nitrogens with zero attached hydrogens (tertiary/aromatic N) is 4. The van der Waals surface area contributed by atoms with Crippen molar-refractivity contribution in [2.24, 2.45) is 0 Å². The van der Waals surface area contributed by atoms with Crippen molar-refractivity contribution >= 4 is 27.4 Å². The van der Waals surface area contributed by atoms with Crippen molar-refractivity contribution in [3.05, 3.63) is 29.3 Å². The van der Waals surface area contributed by atoms with Gasteiger partial charge in [-0.15, -0.1) is 0 Å². The molecule has 6 nitrogen and oxygen atoms in total. The van der Waals surface area contributed by atoms with E-state index < -0.39 is 0 Å². The molecule has 0 saturated heterocycles. The van der Waals surface area contributed by atoms with Crippen LogP contribution in [0.4, 0.5) is 5.82 Å². The molecule has 3 heterocycles. The SMILES string of the molecule is CCCC.Nc1c(Br)cnc2c(-c3cn[nH]c3)cnn12. The van der Waals surface area contributed by atoms with Gasteiger partial charge >= 0.3 is 0 Å². The van der Waals surface area contributed by atoms with E-state index >= 15 is 0 Å². The average molecular weight is 337 g/mol. The highest BCUT2D eigenvalue weighted by molar-refractivity contribution is 9.10. The van der Waals surface area contributed by atoms with Crippen molar-refractivity contribution in [3.63, 3.8) is 0 Å². The summed E-state index contributed by atoms with van der Waals surface area (Å²) in [5, 5.41) is 10.8. The summed E-state index contributed by atoms with van der Waals surface area (Å²) in [5.74, 6) is 0.528. The molecule has 0 amide bonds. The van der Waals surface area contributed by atoms with Gasteiger partial charge in [-0.1, -0.05) is 26.7 Å². The number of nitrogens with one attached hydrogen (secondary N) is 1. The Bertz CT molecular complexity index is 672. The number of unbranched alkanes of at least 4 members (excludes halogenated alkanes) is 1. The largest absolute Gasteiger partial charge is 0.383 e. The second kappa shape index (κ2) is 6.51. The molecule has 0 fully saturated rings. The minimum absolute atomic E-state index is 0.528. The lowest BCUT2D eigenvalue weighted by Crippen LogP contribution is -2.00. The van der Waals surface area contributed by atoms with E-state index in [0.717, 1.165) is 15.6 Å². The van der Waals surface area contributed by atoms with E-state index in [1.807, 2.05) is 0 Å². The lowest BCUT2D eigenvalue weighted by molar-refractivity contribution is 0.886. The lowest BCUT2D eigenvalue weighted by atomic mass is 10.2. The molecule has 0 aliphatic carbocycles. The van der Waals surface area contributed by atoms with Crippen molar-refractivity contribution in [2.75, 3.05) is 5.73 Å². The van der Waals surface area contributed by atoms with E-state index in [0.29, 0.717) is 11.5 Å². The van der Waals surface area contributed by atoms with Crippen LogP contribution in [0.2, 0.25) is 0 Å². The number of fused-ring (bicyclic) bond motifs is 1. The first-order chi connectivity index (χ1) is 9.69. The van der Waals surface area contributed by atoms with Gasteiger partial charge in [-0.25, -0.2) is 4.98 Å². The Kier molecular flexibility index (Phi) is 4.73. The van der Waals surface area contributed by atoms with Crippen molar-refractivity contribution in [3.8, 4) is 11.1 Å². The number of hydrogen-bond acceptors (Lipinski definition) is 4. The minimum atomic E-state index is 0.528. The molecule has 0 aromatic carbocycles. The summed E-state index contributed by atoms with van der Waals surface area (Å²) in [6.45, 7) is 4.36. The molecule has 0 unspecified atom stereocenters. The fourth-order valence-electron chi connectivity index (χ4n) is 1.53. The van der Waals surface area contributed by atoms with Crippen LogP contribution < -0.4 is 5.73 Å². The second-order valence-electron chi connectivity index (χ2n) is 4.27. The maximum absolute atomic E-state index is 5.88. The first-order valence-electron chi connectivity index (χ1n) is 6.45. The molecule has 0 saturated carbocycles. The molecular weight excluding hydrogens is 320 g/mol. The fourth-order valence-corrected chi connectivity index (χ4v) is 1.80. The zero-order chi connectivity index (χ0) is 14.5. The van der Waals surface area contributed by atoms with Crippen molar-refractivity contribution in [2.45, 2.75) is 26.7 Å². The Morgan fingerprint density at radius 2 is 2.00 bits per heavy atom. The third kappa shape index (κ3) is 2.82. The molecule has 3 aromatic heterocycles. The number of hydrogen-bond donors (Lipinski definition) is 2. The molecule has 0 bridgehead atoms. The van der Waals surface area contributed by atoms with Gasteiger partial charge in [0.05, 0.1) is 16.9 Å². The molecular formula is C13H17BrN6. The van der Waals surface area contributed by atoms with E-state index in [2.05, 4.69) is 50.1 Å². The van der Waals surface area contributed by atoms with Gasteiger partial charge in [0.2, 0.25) is 0 Å². The van der Waals surface area contributed by atoms with Gasteiger partial charge < -0.3 is 5.73 Å². The van der Waals surface area contributed by atoms with Gasteiger partial charge in [0.1, 0.15) is 5.82 Å². The highest BCUT2D eigenvalue weighted by atomic mass is 79.9. The van der Waals surface area contributed by atoms with Gasteiger partial charge in [0, 0.05) is 23.5 Å². The van der Waals surface area contributed by atoms with Crippen LogP contribution in [0.5, 0.6) is 0 Å². The quantitative estimate of drug-likeness (QED) is 0.752. The van der Waals surface area contributed by atoms with E-state index in [1.54, 1.807) is 29.3 Å². The van der Waals surface area contributed by atoms with Crippen molar-refractivity contribution in [1.29, 1.82) is 0 Å². The summed E-state index contributed by atoms with van der Waals surface area (Å²) >= 11 is 3.31. The Morgan fingerprint density at radius 3 is 2.60 bits per heavy atom. The predicted molar refractivity (Wildman–Crippen MR) is 83.3 cm³/mol. The van der Waals surface area contributed by atoms with E-state index in [4.69, 9.17) is 5.73 Å². The van der Waals surface area contributed by atoms with Gasteiger partial charge in [-0.2, -0.15) is 14.7 Å². The standard InChI is InChI=1S/C9H7BrN6.C4H10/c10-7-4-12-9-6(5-1-13-14-2-5)3-15-16(9)8(7)11;1-3-4-2/h1-4H,11H2,(H,13,14);3-4H2,1-2H3. The Morgan fingerprint density at radius 1 is 1.25 bits per heavy atom.